The van der Waals surface area contributed by atoms with E-state index in [-0.39, 0.29) is 35.3 Å². The second kappa shape index (κ2) is 12.0. The van der Waals surface area contributed by atoms with Gasteiger partial charge in [-0.15, -0.1) is 0 Å². The maximum absolute atomic E-state index is 13.6. The van der Waals surface area contributed by atoms with Crippen molar-refractivity contribution in [2.45, 2.75) is 52.4 Å². The molecule has 0 aliphatic rings. The van der Waals surface area contributed by atoms with Crippen LogP contribution >= 0.6 is 0 Å². The van der Waals surface area contributed by atoms with Crippen molar-refractivity contribution in [2.24, 2.45) is 0 Å². The quantitative estimate of drug-likeness (QED) is 0.336. The summed E-state index contributed by atoms with van der Waals surface area (Å²) in [4.78, 5) is 40.8. The number of ether oxygens (including phenoxy) is 1. The van der Waals surface area contributed by atoms with Crippen molar-refractivity contribution in [2.75, 3.05) is 11.9 Å². The molecule has 0 aliphatic carbocycles. The van der Waals surface area contributed by atoms with Gasteiger partial charge in [0.25, 0.3) is 0 Å². The highest BCUT2D eigenvalue weighted by atomic mass is 19.4. The summed E-state index contributed by atoms with van der Waals surface area (Å²) in [5.74, 6) is -2.41. The molecule has 0 aliphatic heterocycles. The van der Waals surface area contributed by atoms with Gasteiger partial charge in [-0.05, 0) is 30.2 Å². The molecule has 0 saturated carbocycles. The van der Waals surface area contributed by atoms with E-state index in [0.717, 1.165) is 25.0 Å². The summed E-state index contributed by atoms with van der Waals surface area (Å²) in [5.41, 5.74) is -1.96. The number of carbonyl (C=O) groups excluding carboxylic acids is 1. The van der Waals surface area contributed by atoms with Gasteiger partial charge in [0.1, 0.15) is 18.2 Å². The number of aromatic carboxylic acids is 2. The monoisotopic (exact) mass is 547 g/mol. The molecule has 39 heavy (non-hydrogen) atoms. The number of halogens is 3. The van der Waals surface area contributed by atoms with Crippen molar-refractivity contribution in [1.29, 1.82) is 0 Å². The van der Waals surface area contributed by atoms with Gasteiger partial charge in [-0.25, -0.2) is 14.6 Å². The van der Waals surface area contributed by atoms with Crippen LogP contribution in [-0.2, 0) is 30.5 Å². The zero-order valence-electron chi connectivity index (χ0n) is 21.6. The first-order valence-corrected chi connectivity index (χ1v) is 12.1. The number of nitrogens with zero attached hydrogens (tertiary/aromatic N) is 3. The van der Waals surface area contributed by atoms with Gasteiger partial charge in [0.15, 0.2) is 11.5 Å². The standard InChI is InChI=1S/C27H28F3N3O6/c1-4-5-9-21-31-23(26(37)38)24(32(3)16(2)34)33(21)14-17-10-12-19(13-11-17)39-15-18-7-6-8-20(25(35)36)22(18)27(28,29)30/h6-8,10-13H,4-5,9,14-15H2,1-3H3,(H,35,36)(H,37,38). The number of hydrogen-bond donors (Lipinski definition) is 2. The first-order valence-electron chi connectivity index (χ1n) is 12.1. The summed E-state index contributed by atoms with van der Waals surface area (Å²) in [6.45, 7) is 2.98. The highest BCUT2D eigenvalue weighted by Crippen LogP contribution is 2.35. The number of carboxylic acid groups (broad SMARTS) is 2. The van der Waals surface area contributed by atoms with E-state index in [0.29, 0.717) is 17.8 Å². The van der Waals surface area contributed by atoms with Gasteiger partial charge in [-0.2, -0.15) is 13.2 Å². The predicted octanol–water partition coefficient (Wildman–Crippen LogP) is 5.25. The average Bonchev–Trinajstić information content (AvgIpc) is 3.23. The van der Waals surface area contributed by atoms with Crippen molar-refractivity contribution in [1.82, 2.24) is 9.55 Å². The third kappa shape index (κ3) is 6.75. The van der Waals surface area contributed by atoms with Crippen LogP contribution in [0.15, 0.2) is 42.5 Å². The van der Waals surface area contributed by atoms with Crippen LogP contribution in [0.3, 0.4) is 0 Å². The number of aryl methyl sites for hydroxylation is 1. The summed E-state index contributed by atoms with van der Waals surface area (Å²) in [5, 5.41) is 18.9. The molecule has 2 N–H and O–H groups in total. The highest BCUT2D eigenvalue weighted by Gasteiger charge is 2.38. The van der Waals surface area contributed by atoms with Gasteiger partial charge >= 0.3 is 18.1 Å². The van der Waals surface area contributed by atoms with Gasteiger partial charge in [-0.3, -0.25) is 9.69 Å². The lowest BCUT2D eigenvalue weighted by molar-refractivity contribution is -0.139. The molecule has 1 heterocycles. The SMILES string of the molecule is CCCCc1nc(C(=O)O)c(N(C)C(C)=O)n1Cc1ccc(OCc2cccc(C(=O)O)c2C(F)(F)F)cc1. The van der Waals surface area contributed by atoms with Crippen LogP contribution in [-0.4, -0.2) is 44.7 Å². The molecule has 12 heteroatoms. The van der Waals surface area contributed by atoms with Gasteiger partial charge in [0.05, 0.1) is 17.7 Å². The Hall–Kier alpha value is -4.35. The summed E-state index contributed by atoms with van der Waals surface area (Å²) in [6, 6.07) is 9.68. The van der Waals surface area contributed by atoms with E-state index < -0.39 is 35.8 Å². The Morgan fingerprint density at radius 3 is 2.26 bits per heavy atom. The van der Waals surface area contributed by atoms with Crippen LogP contribution in [0.4, 0.5) is 19.0 Å². The Bertz CT molecular complexity index is 1370. The summed E-state index contributed by atoms with van der Waals surface area (Å²) < 4.78 is 47.9. The molecule has 0 atom stereocenters. The molecule has 208 valence electrons. The number of unbranched alkanes of at least 4 members (excludes halogenated alkanes) is 1. The number of imidazole rings is 1. The number of carboxylic acids is 2. The summed E-state index contributed by atoms with van der Waals surface area (Å²) >= 11 is 0. The summed E-state index contributed by atoms with van der Waals surface area (Å²) in [7, 11) is 1.47. The maximum Gasteiger partial charge on any atom is 0.417 e. The number of aromatic nitrogens is 2. The summed E-state index contributed by atoms with van der Waals surface area (Å²) in [6.07, 6.45) is -2.77. The van der Waals surface area contributed by atoms with Crippen molar-refractivity contribution < 1.29 is 42.5 Å². The molecule has 0 spiro atoms. The van der Waals surface area contributed by atoms with E-state index in [1.165, 1.54) is 24.9 Å². The number of anilines is 1. The molecule has 1 aromatic heterocycles. The molecule has 0 fully saturated rings. The predicted molar refractivity (Wildman–Crippen MR) is 135 cm³/mol. The fourth-order valence-corrected chi connectivity index (χ4v) is 4.08. The van der Waals surface area contributed by atoms with Crippen molar-refractivity contribution in [3.05, 3.63) is 76.2 Å². The fraction of sp³-hybridized carbons (Fsp3) is 0.333. The van der Waals surface area contributed by atoms with E-state index in [4.69, 9.17) is 4.74 Å². The van der Waals surface area contributed by atoms with Crippen LogP contribution in [0.1, 0.15) is 70.1 Å². The number of alkyl halides is 3. The number of rotatable bonds is 11. The minimum absolute atomic E-state index is 0.152. The third-order valence-corrected chi connectivity index (χ3v) is 6.09. The Labute approximate surface area is 222 Å². The van der Waals surface area contributed by atoms with E-state index in [1.54, 1.807) is 28.8 Å². The molecular weight excluding hydrogens is 519 g/mol. The molecule has 0 radical (unpaired) electrons. The highest BCUT2D eigenvalue weighted by molar-refractivity contribution is 5.98. The Morgan fingerprint density at radius 2 is 1.72 bits per heavy atom. The number of benzene rings is 2. The van der Waals surface area contributed by atoms with Gasteiger partial charge in [0, 0.05) is 26.0 Å². The molecular formula is C27H28F3N3O6. The van der Waals surface area contributed by atoms with E-state index in [1.807, 2.05) is 6.92 Å². The average molecular weight is 548 g/mol. The fourth-order valence-electron chi connectivity index (χ4n) is 4.08. The molecule has 0 bridgehead atoms. The molecule has 9 nitrogen and oxygen atoms in total. The van der Waals surface area contributed by atoms with E-state index in [2.05, 4.69) is 4.98 Å². The molecule has 0 unspecified atom stereocenters. The smallest absolute Gasteiger partial charge is 0.417 e. The first kappa shape index (κ1) is 29.2. The number of hydrogen-bond acceptors (Lipinski definition) is 5. The zero-order valence-corrected chi connectivity index (χ0v) is 21.6. The van der Waals surface area contributed by atoms with Crippen LogP contribution in [0.2, 0.25) is 0 Å². The minimum atomic E-state index is -4.88. The van der Waals surface area contributed by atoms with E-state index in [9.17, 15) is 37.8 Å². The molecule has 3 aromatic rings. The van der Waals surface area contributed by atoms with Crippen molar-refractivity contribution in [3.63, 3.8) is 0 Å². The number of carbonyl (C=O) groups is 3. The lowest BCUT2D eigenvalue weighted by atomic mass is 10.0. The third-order valence-electron chi connectivity index (χ3n) is 6.09. The molecule has 1 amide bonds. The van der Waals surface area contributed by atoms with Crippen LogP contribution in [0.25, 0.3) is 0 Å². The van der Waals surface area contributed by atoms with Gasteiger partial charge in [-0.1, -0.05) is 37.6 Å². The van der Waals surface area contributed by atoms with Gasteiger partial charge in [0.2, 0.25) is 5.91 Å². The van der Waals surface area contributed by atoms with Crippen LogP contribution < -0.4 is 9.64 Å². The van der Waals surface area contributed by atoms with Gasteiger partial charge < -0.3 is 19.5 Å². The largest absolute Gasteiger partial charge is 0.489 e. The van der Waals surface area contributed by atoms with E-state index >= 15 is 0 Å². The van der Waals surface area contributed by atoms with Crippen LogP contribution in [0, 0.1) is 0 Å². The lowest BCUT2D eigenvalue weighted by Crippen LogP contribution is -2.28. The Morgan fingerprint density at radius 1 is 1.05 bits per heavy atom. The second-order valence-electron chi connectivity index (χ2n) is 8.85. The zero-order chi connectivity index (χ0) is 28.9. The number of amides is 1. The normalized spacial score (nSPS) is 11.3. The molecule has 3 rings (SSSR count). The Kier molecular flexibility index (Phi) is 9.00. The van der Waals surface area contributed by atoms with Crippen molar-refractivity contribution >= 4 is 23.7 Å². The maximum atomic E-state index is 13.6. The molecule has 2 aromatic carbocycles. The molecule has 0 saturated heterocycles. The Balaban J connectivity index is 1.88. The minimum Gasteiger partial charge on any atom is -0.489 e. The second-order valence-corrected chi connectivity index (χ2v) is 8.85. The van der Waals surface area contributed by atoms with Crippen molar-refractivity contribution in [3.8, 4) is 5.75 Å². The van der Waals surface area contributed by atoms with Crippen LogP contribution in [0.5, 0.6) is 5.75 Å². The first-order chi connectivity index (χ1) is 18.3. The topological polar surface area (TPSA) is 122 Å². The lowest BCUT2D eigenvalue weighted by Gasteiger charge is -2.20.